The Bertz CT molecular complexity index is 1790. The number of aliphatic carboxylic acids is 1. The van der Waals surface area contributed by atoms with Gasteiger partial charge in [-0.15, -0.1) is 11.8 Å². The minimum Gasteiger partial charge on any atom is -0.484 e. The third-order valence-electron chi connectivity index (χ3n) is 7.72. The number of pyridine rings is 1. The number of aromatic nitrogens is 2. The van der Waals surface area contributed by atoms with Crippen molar-refractivity contribution in [2.24, 2.45) is 5.41 Å². The smallest absolute Gasteiger partial charge is 0.309 e. The summed E-state index contributed by atoms with van der Waals surface area (Å²) in [5.41, 5.74) is 4.08. The summed E-state index contributed by atoms with van der Waals surface area (Å²) in [4.78, 5) is 18.4. The number of halogens is 1. The topological polar surface area (TPSA) is 64.3 Å². The predicted molar refractivity (Wildman–Crippen MR) is 183 cm³/mol. The van der Waals surface area contributed by atoms with E-state index in [2.05, 4.69) is 62.6 Å². The van der Waals surface area contributed by atoms with E-state index in [1.807, 2.05) is 48.5 Å². The summed E-state index contributed by atoms with van der Waals surface area (Å²) in [5, 5.41) is 13.0. The zero-order valence-corrected chi connectivity index (χ0v) is 27.9. The quantitative estimate of drug-likeness (QED) is 0.147. The first-order valence-corrected chi connectivity index (χ1v) is 16.4. The number of hydrogen-bond acceptors (Lipinski definition) is 4. The highest BCUT2D eigenvalue weighted by molar-refractivity contribution is 8.00. The van der Waals surface area contributed by atoms with Gasteiger partial charge in [-0.2, -0.15) is 0 Å². The Balaban J connectivity index is 1.64. The monoisotopic (exact) mass is 628 g/mol. The highest BCUT2D eigenvalue weighted by atomic mass is 35.5. The highest BCUT2D eigenvalue weighted by Crippen LogP contribution is 2.44. The second kappa shape index (κ2) is 12.9. The molecule has 5 rings (SSSR count). The molecule has 0 spiro atoms. The molecule has 0 unspecified atom stereocenters. The van der Waals surface area contributed by atoms with Crippen LogP contribution in [-0.2, 0) is 17.8 Å². The summed E-state index contributed by atoms with van der Waals surface area (Å²) in [6.45, 7) is 12.9. The summed E-state index contributed by atoms with van der Waals surface area (Å²) in [6, 6.07) is 26.4. The summed E-state index contributed by atoms with van der Waals surface area (Å²) >= 11 is 7.98. The van der Waals surface area contributed by atoms with Gasteiger partial charge in [0.2, 0.25) is 0 Å². The summed E-state index contributed by atoms with van der Waals surface area (Å²) in [5.74, 6) is -0.0452. The Hall–Kier alpha value is -3.48. The van der Waals surface area contributed by atoms with Crippen LogP contribution in [0.4, 0.5) is 0 Å². The molecule has 2 heterocycles. The molecule has 0 aliphatic carbocycles. The van der Waals surface area contributed by atoms with Crippen molar-refractivity contribution >= 4 is 51.1 Å². The molecule has 2 aromatic heterocycles. The van der Waals surface area contributed by atoms with Gasteiger partial charge in [-0.05, 0) is 68.3 Å². The van der Waals surface area contributed by atoms with Crippen LogP contribution in [0.5, 0.6) is 5.75 Å². The zero-order valence-electron chi connectivity index (χ0n) is 26.4. The molecule has 0 saturated heterocycles. The molecule has 5 aromatic rings. The second-order valence-corrected chi connectivity index (χ2v) is 15.3. The van der Waals surface area contributed by atoms with Gasteiger partial charge in [0.1, 0.15) is 11.9 Å². The molecule has 1 atom stereocenters. The van der Waals surface area contributed by atoms with Crippen LogP contribution in [0.25, 0.3) is 21.8 Å². The lowest BCUT2D eigenvalue weighted by molar-refractivity contribution is -0.146. The van der Waals surface area contributed by atoms with E-state index in [9.17, 15) is 9.90 Å². The van der Waals surface area contributed by atoms with E-state index in [4.69, 9.17) is 21.3 Å². The molecule has 3 aromatic carbocycles. The molecule has 0 amide bonds. The Morgan fingerprint density at radius 2 is 1.73 bits per heavy atom. The van der Waals surface area contributed by atoms with Gasteiger partial charge in [-0.3, -0.25) is 4.79 Å². The van der Waals surface area contributed by atoms with Crippen molar-refractivity contribution in [2.45, 2.75) is 83.1 Å². The molecular weight excluding hydrogens is 588 g/mol. The molecule has 230 valence electrons. The van der Waals surface area contributed by atoms with Crippen LogP contribution < -0.4 is 4.74 Å². The van der Waals surface area contributed by atoms with Crippen LogP contribution in [0.2, 0.25) is 5.02 Å². The number of benzene rings is 3. The number of carboxylic acids is 1. The van der Waals surface area contributed by atoms with Gasteiger partial charge in [0.05, 0.1) is 16.6 Å². The lowest BCUT2D eigenvalue weighted by Gasteiger charge is -2.24. The Kier molecular flexibility index (Phi) is 9.33. The number of rotatable bonds is 11. The lowest BCUT2D eigenvalue weighted by atomic mass is 9.88. The first kappa shape index (κ1) is 31.9. The maximum atomic E-state index is 12.3. The molecule has 0 bridgehead atoms. The van der Waals surface area contributed by atoms with Crippen LogP contribution in [0, 0.1) is 5.41 Å². The van der Waals surface area contributed by atoms with Crippen LogP contribution in [-0.4, -0.2) is 25.4 Å². The van der Waals surface area contributed by atoms with Gasteiger partial charge in [0, 0.05) is 49.6 Å². The van der Waals surface area contributed by atoms with Gasteiger partial charge in [0.25, 0.3) is 0 Å². The number of hydrogen-bond donors (Lipinski definition) is 1. The average Bonchev–Trinajstić information content (AvgIpc) is 3.23. The molecule has 0 saturated carbocycles. The molecule has 0 aliphatic rings. The van der Waals surface area contributed by atoms with E-state index < -0.39 is 11.4 Å². The second-order valence-electron chi connectivity index (χ2n) is 13.1. The Morgan fingerprint density at radius 3 is 2.41 bits per heavy atom. The fraction of sp³-hybridized carbons (Fsp3) is 0.351. The average molecular weight is 629 g/mol. The molecular formula is C37H41ClN2O3S. The van der Waals surface area contributed by atoms with Crippen molar-refractivity contribution < 1.29 is 14.6 Å². The number of nitrogens with zero attached hydrogens (tertiary/aromatic N) is 2. The number of para-hydroxylation sites is 1. The molecule has 1 N–H and O–H groups in total. The first-order valence-electron chi connectivity index (χ1n) is 15.2. The summed E-state index contributed by atoms with van der Waals surface area (Å²) < 4.78 is 8.89. The third kappa shape index (κ3) is 7.24. The maximum Gasteiger partial charge on any atom is 0.309 e. The number of thioether (sulfide) groups is 1. The van der Waals surface area contributed by atoms with Crippen molar-refractivity contribution in [1.82, 2.24) is 9.55 Å². The van der Waals surface area contributed by atoms with Crippen LogP contribution >= 0.6 is 23.4 Å². The van der Waals surface area contributed by atoms with Gasteiger partial charge in [-0.25, -0.2) is 4.98 Å². The Morgan fingerprint density at radius 1 is 1.00 bits per heavy atom. The van der Waals surface area contributed by atoms with E-state index in [0.717, 1.165) is 62.2 Å². The fourth-order valence-electron chi connectivity index (χ4n) is 5.43. The highest BCUT2D eigenvalue weighted by Gasteiger charge is 2.33. The van der Waals surface area contributed by atoms with Gasteiger partial charge < -0.3 is 14.4 Å². The lowest BCUT2D eigenvalue weighted by Crippen LogP contribution is -2.28. The molecule has 44 heavy (non-hydrogen) atoms. The normalized spacial score (nSPS) is 13.0. The number of ether oxygens (including phenoxy) is 1. The van der Waals surface area contributed by atoms with E-state index in [1.54, 1.807) is 25.6 Å². The first-order chi connectivity index (χ1) is 20.8. The third-order valence-corrected chi connectivity index (χ3v) is 9.24. The number of fused-ring (bicyclic) bond motifs is 2. The van der Waals surface area contributed by atoms with Crippen molar-refractivity contribution in [3.05, 3.63) is 101 Å². The van der Waals surface area contributed by atoms with Gasteiger partial charge >= 0.3 is 5.97 Å². The largest absolute Gasteiger partial charge is 0.484 e. The molecule has 0 aliphatic heterocycles. The van der Waals surface area contributed by atoms with Crippen molar-refractivity contribution in [1.29, 1.82) is 0 Å². The van der Waals surface area contributed by atoms with Crippen molar-refractivity contribution in [3.8, 4) is 5.75 Å². The predicted octanol–water partition coefficient (Wildman–Crippen LogP) is 10.4. The summed E-state index contributed by atoms with van der Waals surface area (Å²) in [6.07, 6.45) is 1.99. The minimum atomic E-state index is -0.952. The van der Waals surface area contributed by atoms with Crippen LogP contribution in [0.15, 0.2) is 83.8 Å². The number of carboxylic acid groups (broad SMARTS) is 1. The Labute approximate surface area is 269 Å². The van der Waals surface area contributed by atoms with E-state index in [1.165, 1.54) is 0 Å². The molecule has 0 radical (unpaired) electrons. The minimum absolute atomic E-state index is 0.0991. The van der Waals surface area contributed by atoms with E-state index >= 15 is 0 Å². The maximum absolute atomic E-state index is 12.3. The molecule has 0 fully saturated rings. The standard InChI is InChI=1S/C37H41ClN2O3S/c1-7-10-33(30-19-15-25-11-8-9-12-29(25)39-30)43-27-18-20-31-28(21-27)34(44-36(2,3)4)32(22-37(5,6)35(41)42)40(31)23-24-13-16-26(38)17-14-24/h8-9,11-21,33H,7,10,22-23H2,1-6H3,(H,41,42)/t33-/m1/s1. The van der Waals surface area contributed by atoms with E-state index in [-0.39, 0.29) is 10.9 Å². The fourth-order valence-corrected chi connectivity index (χ4v) is 6.74. The van der Waals surface area contributed by atoms with Gasteiger partial charge in [0.15, 0.2) is 0 Å². The summed E-state index contributed by atoms with van der Waals surface area (Å²) in [7, 11) is 0. The zero-order chi connectivity index (χ0) is 31.6. The number of carbonyl (C=O) groups is 1. The molecule has 7 heteroatoms. The molecule has 5 nitrogen and oxygen atoms in total. The van der Waals surface area contributed by atoms with Crippen molar-refractivity contribution in [2.75, 3.05) is 0 Å². The van der Waals surface area contributed by atoms with Crippen LogP contribution in [0.3, 0.4) is 0 Å². The van der Waals surface area contributed by atoms with Crippen LogP contribution in [0.1, 0.15) is 77.4 Å². The SMILES string of the molecule is CCC[C@@H](Oc1ccc2c(c1)c(SC(C)(C)C)c(CC(C)(C)C(=O)O)n2Cc1ccc(Cl)cc1)c1ccc2ccccc2n1. The van der Waals surface area contributed by atoms with E-state index in [0.29, 0.717) is 18.0 Å². The van der Waals surface area contributed by atoms with Gasteiger partial charge in [-0.1, -0.05) is 82.1 Å². The van der Waals surface area contributed by atoms with Crippen molar-refractivity contribution in [3.63, 3.8) is 0 Å².